The minimum Gasteiger partial charge on any atom is -0.443 e. The third-order valence-corrected chi connectivity index (χ3v) is 4.32. The van der Waals surface area contributed by atoms with E-state index in [9.17, 15) is 14.4 Å². The van der Waals surface area contributed by atoms with Gasteiger partial charge in [0.2, 0.25) is 0 Å². The number of nitrogens with one attached hydrogen (secondary N) is 1. The molecule has 7 heteroatoms. The average Bonchev–Trinajstić information content (AvgIpc) is 2.76. The maximum absolute atomic E-state index is 12.7. The van der Waals surface area contributed by atoms with Crippen molar-refractivity contribution in [2.75, 3.05) is 0 Å². The number of amides is 2. The number of aldehydes is 1. The van der Waals surface area contributed by atoms with E-state index in [1.54, 1.807) is 6.92 Å². The number of nitrogens with zero attached hydrogens (tertiary/aromatic N) is 1. The standard InChI is InChI=1S/C22H26N2O5/c1-3-14-22(2,17-25)24(21(27)29-16-19-12-8-5-9-13-19)23-20(26)28-15-18-10-6-4-7-11-18/h4-13,17H,3,14-16H2,1-2H3,(H,23,26)/t22-/m0/s1. The van der Waals surface area contributed by atoms with Crippen molar-refractivity contribution in [3.8, 4) is 0 Å². The largest absolute Gasteiger partial charge is 0.443 e. The first-order chi connectivity index (χ1) is 14.0. The van der Waals surface area contributed by atoms with Crippen molar-refractivity contribution in [3.05, 3.63) is 71.8 Å². The number of ether oxygens (including phenoxy) is 2. The van der Waals surface area contributed by atoms with Gasteiger partial charge in [0.05, 0.1) is 0 Å². The molecule has 0 fully saturated rings. The lowest BCUT2D eigenvalue weighted by Crippen LogP contribution is -2.59. The highest BCUT2D eigenvalue weighted by Crippen LogP contribution is 2.19. The van der Waals surface area contributed by atoms with Crippen molar-refractivity contribution < 1.29 is 23.9 Å². The molecule has 0 aromatic heterocycles. The zero-order valence-electron chi connectivity index (χ0n) is 16.7. The summed E-state index contributed by atoms with van der Waals surface area (Å²) in [4.78, 5) is 36.7. The fraction of sp³-hybridized carbons (Fsp3) is 0.318. The Bertz CT molecular complexity index is 797. The van der Waals surface area contributed by atoms with E-state index >= 15 is 0 Å². The van der Waals surface area contributed by atoms with Crippen LogP contribution in [0.4, 0.5) is 9.59 Å². The van der Waals surface area contributed by atoms with E-state index in [4.69, 9.17) is 9.47 Å². The minimum absolute atomic E-state index is 0.0119. The van der Waals surface area contributed by atoms with Crippen LogP contribution in [-0.2, 0) is 27.5 Å². The Balaban J connectivity index is 2.06. The summed E-state index contributed by atoms with van der Waals surface area (Å²) in [6.45, 7) is 3.48. The average molecular weight is 398 g/mol. The fourth-order valence-electron chi connectivity index (χ4n) is 2.74. The van der Waals surface area contributed by atoms with Gasteiger partial charge < -0.3 is 14.3 Å². The Kier molecular flexibility index (Phi) is 8.21. The summed E-state index contributed by atoms with van der Waals surface area (Å²) in [6, 6.07) is 18.3. The second kappa shape index (κ2) is 10.8. The van der Waals surface area contributed by atoms with Gasteiger partial charge in [0.25, 0.3) is 0 Å². The highest BCUT2D eigenvalue weighted by atomic mass is 16.6. The zero-order valence-corrected chi connectivity index (χ0v) is 16.7. The SMILES string of the molecule is CCC[C@@](C)(C=O)N(NC(=O)OCc1ccccc1)C(=O)OCc1ccccc1. The molecule has 0 spiro atoms. The molecule has 0 radical (unpaired) electrons. The number of hydrogen-bond donors (Lipinski definition) is 1. The molecular formula is C22H26N2O5. The van der Waals surface area contributed by atoms with E-state index in [1.165, 1.54) is 0 Å². The van der Waals surface area contributed by atoms with E-state index in [0.717, 1.165) is 16.1 Å². The molecule has 2 amide bonds. The van der Waals surface area contributed by atoms with Crippen LogP contribution < -0.4 is 5.43 Å². The molecule has 0 saturated heterocycles. The predicted octanol–water partition coefficient (Wildman–Crippen LogP) is 4.22. The van der Waals surface area contributed by atoms with Crippen molar-refractivity contribution >= 4 is 18.5 Å². The van der Waals surface area contributed by atoms with Crippen molar-refractivity contribution in [3.63, 3.8) is 0 Å². The van der Waals surface area contributed by atoms with E-state index in [0.29, 0.717) is 19.1 Å². The highest BCUT2D eigenvalue weighted by molar-refractivity contribution is 5.79. The van der Waals surface area contributed by atoms with Gasteiger partial charge in [-0.1, -0.05) is 74.0 Å². The second-order valence-electron chi connectivity index (χ2n) is 6.77. The number of hydrazine groups is 1. The van der Waals surface area contributed by atoms with Gasteiger partial charge >= 0.3 is 12.2 Å². The lowest BCUT2D eigenvalue weighted by Gasteiger charge is -2.35. The first kappa shape index (κ1) is 21.9. The molecule has 2 aromatic rings. The van der Waals surface area contributed by atoms with Gasteiger partial charge in [-0.2, -0.15) is 0 Å². The Hall–Kier alpha value is -3.35. The smallest absolute Gasteiger partial charge is 0.430 e. The maximum Gasteiger partial charge on any atom is 0.430 e. The summed E-state index contributed by atoms with van der Waals surface area (Å²) >= 11 is 0. The summed E-state index contributed by atoms with van der Waals surface area (Å²) in [5.41, 5.74) is 2.68. The third kappa shape index (κ3) is 6.64. The predicted molar refractivity (Wildman–Crippen MR) is 108 cm³/mol. The molecule has 154 valence electrons. The van der Waals surface area contributed by atoms with E-state index < -0.39 is 17.7 Å². The number of carbonyl (C=O) groups excluding carboxylic acids is 3. The Morgan fingerprint density at radius 2 is 1.48 bits per heavy atom. The van der Waals surface area contributed by atoms with Crippen LogP contribution in [-0.4, -0.2) is 29.0 Å². The first-order valence-electron chi connectivity index (χ1n) is 9.43. The Morgan fingerprint density at radius 1 is 0.966 bits per heavy atom. The maximum atomic E-state index is 12.7. The highest BCUT2D eigenvalue weighted by Gasteiger charge is 2.37. The summed E-state index contributed by atoms with van der Waals surface area (Å²) < 4.78 is 10.5. The van der Waals surface area contributed by atoms with Gasteiger partial charge in [0.1, 0.15) is 25.0 Å². The summed E-state index contributed by atoms with van der Waals surface area (Å²) in [6.07, 6.45) is -0.102. The second-order valence-corrected chi connectivity index (χ2v) is 6.77. The summed E-state index contributed by atoms with van der Waals surface area (Å²) in [7, 11) is 0. The molecule has 0 aliphatic heterocycles. The molecular weight excluding hydrogens is 372 g/mol. The van der Waals surface area contributed by atoms with Gasteiger partial charge in [0, 0.05) is 0 Å². The molecule has 0 aliphatic rings. The molecule has 0 aliphatic carbocycles. The van der Waals surface area contributed by atoms with Crippen LogP contribution in [0.25, 0.3) is 0 Å². The van der Waals surface area contributed by atoms with Gasteiger partial charge in [-0.3, -0.25) is 0 Å². The minimum atomic E-state index is -1.27. The zero-order chi connectivity index (χ0) is 21.1. The van der Waals surface area contributed by atoms with Gasteiger partial charge in [-0.15, -0.1) is 0 Å². The van der Waals surface area contributed by atoms with Crippen molar-refractivity contribution in [1.29, 1.82) is 0 Å². The lowest BCUT2D eigenvalue weighted by atomic mass is 9.98. The molecule has 1 atom stereocenters. The lowest BCUT2D eigenvalue weighted by molar-refractivity contribution is -0.119. The monoisotopic (exact) mass is 398 g/mol. The van der Waals surface area contributed by atoms with E-state index in [2.05, 4.69) is 5.43 Å². The van der Waals surface area contributed by atoms with Gasteiger partial charge in [0.15, 0.2) is 0 Å². The van der Waals surface area contributed by atoms with Crippen LogP contribution in [0.5, 0.6) is 0 Å². The van der Waals surface area contributed by atoms with Crippen LogP contribution in [0.15, 0.2) is 60.7 Å². The fourth-order valence-corrected chi connectivity index (χ4v) is 2.74. The number of rotatable bonds is 8. The molecule has 1 N–H and O–H groups in total. The molecule has 2 rings (SSSR count). The first-order valence-corrected chi connectivity index (χ1v) is 9.43. The number of carbonyl (C=O) groups is 3. The quantitative estimate of drug-likeness (QED) is 0.531. The third-order valence-electron chi connectivity index (χ3n) is 4.32. The molecule has 2 aromatic carbocycles. The molecule has 0 heterocycles. The molecule has 0 bridgehead atoms. The number of hydrogen-bond acceptors (Lipinski definition) is 5. The molecule has 29 heavy (non-hydrogen) atoms. The molecule has 7 nitrogen and oxygen atoms in total. The van der Waals surface area contributed by atoms with E-state index in [1.807, 2.05) is 67.6 Å². The van der Waals surface area contributed by atoms with Crippen molar-refractivity contribution in [1.82, 2.24) is 10.4 Å². The van der Waals surface area contributed by atoms with E-state index in [-0.39, 0.29) is 13.2 Å². The van der Waals surface area contributed by atoms with Crippen LogP contribution in [0.1, 0.15) is 37.8 Å². The Labute approximate surface area is 170 Å². The summed E-state index contributed by atoms with van der Waals surface area (Å²) in [5, 5.41) is 0.903. The van der Waals surface area contributed by atoms with Crippen LogP contribution >= 0.6 is 0 Å². The van der Waals surface area contributed by atoms with Gasteiger partial charge in [-0.25, -0.2) is 20.0 Å². The molecule has 0 saturated carbocycles. The normalized spacial score (nSPS) is 12.3. The van der Waals surface area contributed by atoms with Crippen molar-refractivity contribution in [2.45, 2.75) is 45.4 Å². The van der Waals surface area contributed by atoms with Crippen LogP contribution in [0.3, 0.4) is 0 Å². The van der Waals surface area contributed by atoms with Crippen LogP contribution in [0.2, 0.25) is 0 Å². The number of benzene rings is 2. The molecule has 0 unspecified atom stereocenters. The van der Waals surface area contributed by atoms with Gasteiger partial charge in [-0.05, 0) is 24.5 Å². The van der Waals surface area contributed by atoms with Crippen LogP contribution in [0, 0.1) is 0 Å². The summed E-state index contributed by atoms with van der Waals surface area (Å²) in [5.74, 6) is 0. The topological polar surface area (TPSA) is 84.9 Å². The Morgan fingerprint density at radius 3 is 1.97 bits per heavy atom. The van der Waals surface area contributed by atoms with Crippen molar-refractivity contribution in [2.24, 2.45) is 0 Å².